The number of carbonyl (C=O) groups excluding carboxylic acids is 1. The third-order valence-electron chi connectivity index (χ3n) is 4.00. The molecule has 2 aromatic rings. The molecule has 1 aliphatic rings. The number of halogens is 1. The lowest BCUT2D eigenvalue weighted by atomic mass is 10.1. The van der Waals surface area contributed by atoms with Gasteiger partial charge in [0, 0.05) is 5.56 Å². The molecule has 0 spiro atoms. The van der Waals surface area contributed by atoms with Gasteiger partial charge in [-0.05, 0) is 25.0 Å². The Morgan fingerprint density at radius 2 is 1.92 bits per heavy atom. The number of benzene rings is 1. The molecule has 0 radical (unpaired) electrons. The van der Waals surface area contributed by atoms with Crippen molar-refractivity contribution in [3.8, 4) is 23.1 Å². The molecule has 1 saturated heterocycles. The number of hydrogen-bond donors (Lipinski definition) is 0. The largest absolute Gasteiger partial charge is 0.471 e. The van der Waals surface area contributed by atoms with E-state index in [4.69, 9.17) is 21.1 Å². The topological polar surface area (TPSA) is 55.5 Å². The summed E-state index contributed by atoms with van der Waals surface area (Å²) < 4.78 is 12.1. The highest BCUT2D eigenvalue weighted by molar-refractivity contribution is 6.33. The average molecular weight is 349 g/mol. The highest BCUT2D eigenvalue weighted by Gasteiger charge is 2.33. The maximum Gasteiger partial charge on any atom is 0.449 e. The molecular formula is C17H19ClN3O3+. The van der Waals surface area contributed by atoms with Crippen LogP contribution in [0.1, 0.15) is 12.8 Å². The molecule has 2 heterocycles. The summed E-state index contributed by atoms with van der Waals surface area (Å²) in [5.74, 6) is 0.355. The second kappa shape index (κ2) is 7.05. The predicted octanol–water partition coefficient (Wildman–Crippen LogP) is 2.77. The van der Waals surface area contributed by atoms with Gasteiger partial charge in [-0.25, -0.2) is 4.79 Å². The molecule has 6 nitrogen and oxygen atoms in total. The summed E-state index contributed by atoms with van der Waals surface area (Å²) in [7, 11) is 2.99. The fourth-order valence-electron chi connectivity index (χ4n) is 2.78. The molecule has 1 amide bonds. The van der Waals surface area contributed by atoms with Crippen molar-refractivity contribution in [1.82, 2.24) is 9.88 Å². The van der Waals surface area contributed by atoms with Crippen LogP contribution in [-0.2, 0) is 0 Å². The van der Waals surface area contributed by atoms with Gasteiger partial charge in [0.2, 0.25) is 0 Å². The minimum absolute atomic E-state index is 0.168. The fourth-order valence-corrected chi connectivity index (χ4v) is 3.01. The van der Waals surface area contributed by atoms with Gasteiger partial charge < -0.3 is 9.47 Å². The first-order chi connectivity index (χ1) is 11.7. The van der Waals surface area contributed by atoms with Crippen LogP contribution in [0, 0.1) is 0 Å². The van der Waals surface area contributed by atoms with Gasteiger partial charge in [0.05, 0.1) is 38.4 Å². The average Bonchev–Trinajstić information content (AvgIpc) is 3.15. The number of nitrogens with zero attached hydrogens (tertiary/aromatic N) is 3. The summed E-state index contributed by atoms with van der Waals surface area (Å²) in [5, 5.41) is 0.567. The van der Waals surface area contributed by atoms with E-state index in [1.165, 1.54) is 18.8 Å². The fraction of sp³-hybridized carbons (Fsp3) is 0.353. The highest BCUT2D eigenvalue weighted by atomic mass is 35.5. The summed E-state index contributed by atoms with van der Waals surface area (Å²) >= 11 is 6.25. The van der Waals surface area contributed by atoms with Crippen molar-refractivity contribution in [2.75, 3.05) is 27.3 Å². The van der Waals surface area contributed by atoms with Gasteiger partial charge in [0.25, 0.3) is 5.88 Å². The second-order valence-corrected chi connectivity index (χ2v) is 5.87. The first-order valence-corrected chi connectivity index (χ1v) is 8.12. The quantitative estimate of drug-likeness (QED) is 0.800. The molecule has 1 fully saturated rings. The number of rotatable bonds is 3. The predicted molar refractivity (Wildman–Crippen MR) is 89.6 cm³/mol. The van der Waals surface area contributed by atoms with E-state index < -0.39 is 0 Å². The highest BCUT2D eigenvalue weighted by Crippen LogP contribution is 2.28. The lowest BCUT2D eigenvalue weighted by Gasteiger charge is -2.14. The van der Waals surface area contributed by atoms with Gasteiger partial charge in [0.15, 0.2) is 5.69 Å². The van der Waals surface area contributed by atoms with Crippen molar-refractivity contribution in [2.24, 2.45) is 0 Å². The lowest BCUT2D eigenvalue weighted by Crippen LogP contribution is -2.53. The molecule has 24 heavy (non-hydrogen) atoms. The summed E-state index contributed by atoms with van der Waals surface area (Å²) in [5.41, 5.74) is 1.33. The monoisotopic (exact) mass is 348 g/mol. The zero-order valence-corrected chi connectivity index (χ0v) is 14.4. The van der Waals surface area contributed by atoms with Crippen molar-refractivity contribution in [3.63, 3.8) is 0 Å². The molecule has 7 heteroatoms. The van der Waals surface area contributed by atoms with Gasteiger partial charge in [-0.15, -0.1) is 0 Å². The van der Waals surface area contributed by atoms with Gasteiger partial charge in [-0.3, -0.25) is 4.90 Å². The van der Waals surface area contributed by atoms with Crippen LogP contribution in [-0.4, -0.2) is 43.2 Å². The van der Waals surface area contributed by atoms with Crippen molar-refractivity contribution in [3.05, 3.63) is 35.4 Å². The number of likely N-dealkylation sites (tertiary alicyclic amines) is 1. The van der Waals surface area contributed by atoms with E-state index in [0.717, 1.165) is 31.5 Å². The summed E-state index contributed by atoms with van der Waals surface area (Å²) in [6.07, 6.45) is 2.00. The summed E-state index contributed by atoms with van der Waals surface area (Å²) in [6.45, 7) is 1.45. The van der Waals surface area contributed by atoms with Gasteiger partial charge in [-0.1, -0.05) is 33.3 Å². The molecular weight excluding hydrogens is 330 g/mol. The SMILES string of the molecule is COc1cc(-c2ccccc2Cl)nc(OC)[n+]1C(=O)N1CCCC1. The van der Waals surface area contributed by atoms with Crippen LogP contribution in [0.15, 0.2) is 30.3 Å². The Bertz CT molecular complexity index is 735. The molecule has 0 bridgehead atoms. The van der Waals surface area contributed by atoms with Crippen LogP contribution in [0.2, 0.25) is 5.02 Å². The van der Waals surface area contributed by atoms with E-state index in [1.54, 1.807) is 17.0 Å². The minimum Gasteiger partial charge on any atom is -0.471 e. The molecule has 0 saturated carbocycles. The van der Waals surface area contributed by atoms with Crippen molar-refractivity contribution >= 4 is 17.6 Å². The van der Waals surface area contributed by atoms with E-state index in [9.17, 15) is 4.79 Å². The smallest absolute Gasteiger partial charge is 0.449 e. The Kier molecular flexibility index (Phi) is 4.85. The molecule has 0 atom stereocenters. The molecule has 0 aliphatic carbocycles. The first-order valence-electron chi connectivity index (χ1n) is 7.75. The van der Waals surface area contributed by atoms with Crippen LogP contribution >= 0.6 is 11.6 Å². The number of amides is 1. The van der Waals surface area contributed by atoms with Crippen molar-refractivity contribution in [1.29, 1.82) is 0 Å². The number of aromatic nitrogens is 2. The van der Waals surface area contributed by atoms with Crippen LogP contribution < -0.4 is 14.0 Å². The maximum atomic E-state index is 12.8. The zero-order valence-electron chi connectivity index (χ0n) is 13.7. The number of ether oxygens (including phenoxy) is 2. The number of methoxy groups -OCH3 is 2. The Morgan fingerprint density at radius 1 is 1.21 bits per heavy atom. The van der Waals surface area contributed by atoms with E-state index in [-0.39, 0.29) is 12.0 Å². The summed E-state index contributed by atoms with van der Waals surface area (Å²) in [6, 6.07) is 9.03. The zero-order chi connectivity index (χ0) is 17.1. The molecule has 3 rings (SSSR count). The minimum atomic E-state index is -0.195. The van der Waals surface area contributed by atoms with E-state index in [2.05, 4.69) is 4.98 Å². The Labute approximate surface area is 145 Å². The number of hydrogen-bond acceptors (Lipinski definition) is 4. The van der Waals surface area contributed by atoms with Crippen molar-refractivity contribution < 1.29 is 18.8 Å². The van der Waals surface area contributed by atoms with Crippen LogP contribution in [0.5, 0.6) is 11.9 Å². The van der Waals surface area contributed by atoms with Crippen LogP contribution in [0.3, 0.4) is 0 Å². The number of carbonyl (C=O) groups is 1. The van der Waals surface area contributed by atoms with Gasteiger partial charge >= 0.3 is 12.0 Å². The van der Waals surface area contributed by atoms with Crippen LogP contribution in [0.4, 0.5) is 4.79 Å². The van der Waals surface area contributed by atoms with E-state index >= 15 is 0 Å². The third kappa shape index (κ3) is 3.01. The molecule has 1 aliphatic heterocycles. The van der Waals surface area contributed by atoms with Crippen LogP contribution in [0.25, 0.3) is 11.3 Å². The second-order valence-electron chi connectivity index (χ2n) is 5.46. The molecule has 0 N–H and O–H groups in total. The molecule has 126 valence electrons. The molecule has 1 aromatic carbocycles. The Hall–Kier alpha value is -2.34. The van der Waals surface area contributed by atoms with Gasteiger partial charge in [0.1, 0.15) is 0 Å². The third-order valence-corrected chi connectivity index (χ3v) is 4.33. The van der Waals surface area contributed by atoms with E-state index in [0.29, 0.717) is 16.6 Å². The Morgan fingerprint density at radius 3 is 2.54 bits per heavy atom. The van der Waals surface area contributed by atoms with Gasteiger partial charge in [-0.2, -0.15) is 0 Å². The van der Waals surface area contributed by atoms with Crippen molar-refractivity contribution in [2.45, 2.75) is 12.8 Å². The van der Waals surface area contributed by atoms with E-state index in [1.807, 2.05) is 18.2 Å². The first kappa shape index (κ1) is 16.5. The normalized spacial score (nSPS) is 13.9. The standard InChI is InChI=1S/C17H19ClN3O3/c1-23-15-11-14(12-7-3-4-8-13(12)18)19-16(24-2)21(15)17(22)20-9-5-6-10-20/h3-4,7-8,11H,5-6,9-10H2,1-2H3/q+1. The summed E-state index contributed by atoms with van der Waals surface area (Å²) in [4.78, 5) is 19.0. The molecule has 0 unspecified atom stereocenters. The molecule has 1 aromatic heterocycles. The maximum absolute atomic E-state index is 12.8. The lowest BCUT2D eigenvalue weighted by molar-refractivity contribution is -0.595. The Balaban J connectivity index is 2.10.